The van der Waals surface area contributed by atoms with Gasteiger partial charge in [0, 0.05) is 11.0 Å². The predicted molar refractivity (Wildman–Crippen MR) is 81.0 cm³/mol. The highest BCUT2D eigenvalue weighted by molar-refractivity contribution is 5.87. The number of nitrogens with zero attached hydrogens (tertiary/aromatic N) is 2. The molecule has 0 unspecified atom stereocenters. The van der Waals surface area contributed by atoms with Crippen LogP contribution in [0.4, 0.5) is 4.39 Å². The number of hydrogen-bond acceptors (Lipinski definition) is 3. The molecular weight excluding hydrogens is 295 g/mol. The molecule has 23 heavy (non-hydrogen) atoms. The lowest BCUT2D eigenvalue weighted by molar-refractivity contribution is -0.255. The molecule has 1 heterocycles. The van der Waals surface area contributed by atoms with Crippen LogP contribution in [0, 0.1) is 11.2 Å². The summed E-state index contributed by atoms with van der Waals surface area (Å²) in [6.07, 6.45) is 1.96. The standard InChI is InChI=1S/C18H19FN2O2/c1-17(2)12-8-9-18(17,3)15-13(12)14(16(22)23)20-21(15)11-6-4-10(19)5-7-11/h4-7,12H,8-9H2,1-3H3,(H,22,23)/p-1/t12-,18+/m0/s1. The zero-order valence-electron chi connectivity index (χ0n) is 13.4. The zero-order valence-corrected chi connectivity index (χ0v) is 13.4. The number of benzene rings is 1. The highest BCUT2D eigenvalue weighted by atomic mass is 19.1. The Labute approximate surface area is 133 Å². The molecule has 2 aliphatic rings. The van der Waals surface area contributed by atoms with Gasteiger partial charge in [0.1, 0.15) is 11.5 Å². The number of carbonyl (C=O) groups excluding carboxylic acids is 1. The molecule has 4 nitrogen and oxygen atoms in total. The molecule has 0 radical (unpaired) electrons. The van der Waals surface area contributed by atoms with Gasteiger partial charge in [0.05, 0.1) is 17.4 Å². The number of hydrogen-bond donors (Lipinski definition) is 0. The largest absolute Gasteiger partial charge is 0.543 e. The molecule has 0 amide bonds. The van der Waals surface area contributed by atoms with E-state index in [1.54, 1.807) is 16.8 Å². The van der Waals surface area contributed by atoms with Gasteiger partial charge in [0.15, 0.2) is 0 Å². The maximum atomic E-state index is 13.2. The van der Waals surface area contributed by atoms with Gasteiger partial charge >= 0.3 is 0 Å². The number of carboxylic acids is 1. The summed E-state index contributed by atoms with van der Waals surface area (Å²) in [6.45, 7) is 6.57. The van der Waals surface area contributed by atoms with Crippen LogP contribution in [0.1, 0.15) is 61.3 Å². The Morgan fingerprint density at radius 3 is 2.57 bits per heavy atom. The van der Waals surface area contributed by atoms with Crippen LogP contribution in [0.5, 0.6) is 0 Å². The third-order valence-electron chi connectivity index (χ3n) is 6.28. The van der Waals surface area contributed by atoms with Gasteiger partial charge in [-0.25, -0.2) is 9.07 Å². The van der Waals surface area contributed by atoms with Crippen molar-refractivity contribution in [2.24, 2.45) is 5.41 Å². The average molecular weight is 313 g/mol. The molecule has 2 bridgehead atoms. The van der Waals surface area contributed by atoms with E-state index in [0.717, 1.165) is 24.1 Å². The van der Waals surface area contributed by atoms with E-state index in [1.165, 1.54) is 12.1 Å². The fourth-order valence-corrected chi connectivity index (χ4v) is 4.64. The first kappa shape index (κ1) is 14.4. The van der Waals surface area contributed by atoms with Crippen LogP contribution < -0.4 is 5.11 Å². The Bertz CT molecular complexity index is 822. The molecule has 1 saturated carbocycles. The second-order valence-electron chi connectivity index (χ2n) is 7.43. The molecule has 2 aromatic rings. The number of carboxylic acid groups (broad SMARTS) is 1. The van der Waals surface area contributed by atoms with Crippen LogP contribution >= 0.6 is 0 Å². The summed E-state index contributed by atoms with van der Waals surface area (Å²) < 4.78 is 14.9. The van der Waals surface area contributed by atoms with Crippen molar-refractivity contribution >= 4 is 5.97 Å². The summed E-state index contributed by atoms with van der Waals surface area (Å²) in [6, 6.07) is 5.99. The zero-order chi connectivity index (χ0) is 16.6. The Kier molecular flexibility index (Phi) is 2.64. The van der Waals surface area contributed by atoms with E-state index in [2.05, 4.69) is 25.9 Å². The minimum absolute atomic E-state index is 0.0332. The summed E-state index contributed by atoms with van der Waals surface area (Å²) in [5, 5.41) is 15.9. The van der Waals surface area contributed by atoms with E-state index in [0.29, 0.717) is 5.69 Å². The molecule has 1 aromatic carbocycles. The average Bonchev–Trinajstić information content (AvgIpc) is 3.03. The van der Waals surface area contributed by atoms with Gasteiger partial charge in [-0.3, -0.25) is 0 Å². The van der Waals surface area contributed by atoms with Gasteiger partial charge in [0.25, 0.3) is 0 Å². The second kappa shape index (κ2) is 4.22. The fourth-order valence-electron chi connectivity index (χ4n) is 4.64. The highest BCUT2D eigenvalue weighted by Gasteiger charge is 2.62. The van der Waals surface area contributed by atoms with E-state index in [-0.39, 0.29) is 28.3 Å². The van der Waals surface area contributed by atoms with Crippen LogP contribution in [0.25, 0.3) is 5.69 Å². The third-order valence-corrected chi connectivity index (χ3v) is 6.28. The van der Waals surface area contributed by atoms with E-state index in [4.69, 9.17) is 0 Å². The maximum absolute atomic E-state index is 13.2. The molecule has 5 heteroatoms. The van der Waals surface area contributed by atoms with Crippen molar-refractivity contribution in [2.75, 3.05) is 0 Å². The van der Waals surface area contributed by atoms with Crippen molar-refractivity contribution in [3.63, 3.8) is 0 Å². The molecule has 2 aliphatic carbocycles. The topological polar surface area (TPSA) is 57.9 Å². The Morgan fingerprint density at radius 2 is 1.96 bits per heavy atom. The number of aromatic nitrogens is 2. The molecule has 0 N–H and O–H groups in total. The van der Waals surface area contributed by atoms with Crippen molar-refractivity contribution in [1.82, 2.24) is 9.78 Å². The first-order chi connectivity index (χ1) is 10.8. The van der Waals surface area contributed by atoms with Crippen molar-refractivity contribution < 1.29 is 14.3 Å². The van der Waals surface area contributed by atoms with Crippen molar-refractivity contribution in [1.29, 1.82) is 0 Å². The molecule has 1 fully saturated rings. The lowest BCUT2D eigenvalue weighted by Crippen LogP contribution is -2.34. The van der Waals surface area contributed by atoms with Gasteiger partial charge < -0.3 is 9.90 Å². The lowest BCUT2D eigenvalue weighted by atomic mass is 9.70. The summed E-state index contributed by atoms with van der Waals surface area (Å²) in [7, 11) is 0. The molecule has 1 aromatic heterocycles. The highest BCUT2D eigenvalue weighted by Crippen LogP contribution is 2.68. The van der Waals surface area contributed by atoms with Gasteiger partial charge in [-0.05, 0) is 48.4 Å². The second-order valence-corrected chi connectivity index (χ2v) is 7.43. The third kappa shape index (κ3) is 1.60. The normalized spacial score (nSPS) is 27.2. The van der Waals surface area contributed by atoms with Crippen molar-refractivity contribution in [2.45, 2.75) is 44.9 Å². The Morgan fingerprint density at radius 1 is 1.30 bits per heavy atom. The first-order valence-corrected chi connectivity index (χ1v) is 7.88. The monoisotopic (exact) mass is 313 g/mol. The molecule has 4 rings (SSSR count). The molecule has 120 valence electrons. The summed E-state index contributed by atoms with van der Waals surface area (Å²) in [5.74, 6) is -1.40. The number of aromatic carboxylic acids is 1. The summed E-state index contributed by atoms with van der Waals surface area (Å²) in [5.41, 5.74) is 2.29. The van der Waals surface area contributed by atoms with Crippen LogP contribution in [-0.2, 0) is 5.41 Å². The summed E-state index contributed by atoms with van der Waals surface area (Å²) in [4.78, 5) is 11.6. The molecule has 0 saturated heterocycles. The summed E-state index contributed by atoms with van der Waals surface area (Å²) >= 11 is 0. The predicted octanol–water partition coefficient (Wildman–Crippen LogP) is 2.55. The SMILES string of the molecule is CC1(C)[C@H]2CC[C@]1(C)c1c2c(C(=O)[O-])nn1-c1ccc(F)cc1. The lowest BCUT2D eigenvalue weighted by Gasteiger charge is -2.35. The molecule has 0 aliphatic heterocycles. The fraction of sp³-hybridized carbons (Fsp3) is 0.444. The van der Waals surface area contributed by atoms with Crippen LogP contribution in [0.15, 0.2) is 24.3 Å². The van der Waals surface area contributed by atoms with Crippen molar-refractivity contribution in [3.05, 3.63) is 47.0 Å². The minimum atomic E-state index is -1.24. The smallest absolute Gasteiger partial charge is 0.123 e. The van der Waals surface area contributed by atoms with E-state index in [9.17, 15) is 14.3 Å². The number of halogens is 1. The van der Waals surface area contributed by atoms with Gasteiger partial charge in [-0.15, -0.1) is 0 Å². The first-order valence-electron chi connectivity index (χ1n) is 7.88. The van der Waals surface area contributed by atoms with Crippen molar-refractivity contribution in [3.8, 4) is 5.69 Å². The van der Waals surface area contributed by atoms with Gasteiger partial charge in [-0.2, -0.15) is 5.10 Å². The van der Waals surface area contributed by atoms with Gasteiger partial charge in [-0.1, -0.05) is 20.8 Å². The van der Waals surface area contributed by atoms with Crippen LogP contribution in [0.3, 0.4) is 0 Å². The van der Waals surface area contributed by atoms with Crippen LogP contribution in [0.2, 0.25) is 0 Å². The minimum Gasteiger partial charge on any atom is -0.543 e. The number of fused-ring (bicyclic) bond motifs is 5. The number of carbonyl (C=O) groups is 1. The van der Waals surface area contributed by atoms with Gasteiger partial charge in [0.2, 0.25) is 0 Å². The molecule has 0 spiro atoms. The Hall–Kier alpha value is -2.17. The quantitative estimate of drug-likeness (QED) is 0.856. The van der Waals surface area contributed by atoms with Crippen LogP contribution in [-0.4, -0.2) is 15.7 Å². The number of rotatable bonds is 2. The molecule has 2 atom stereocenters. The van der Waals surface area contributed by atoms with E-state index in [1.807, 2.05) is 0 Å². The maximum Gasteiger partial charge on any atom is 0.123 e. The van der Waals surface area contributed by atoms with E-state index >= 15 is 0 Å². The molecular formula is C18H18FN2O2-. The van der Waals surface area contributed by atoms with E-state index < -0.39 is 5.97 Å². The Balaban J connectivity index is 2.02.